The van der Waals surface area contributed by atoms with Gasteiger partial charge in [-0.2, -0.15) is 0 Å². The van der Waals surface area contributed by atoms with Gasteiger partial charge in [0.2, 0.25) is 0 Å². The van der Waals surface area contributed by atoms with Gasteiger partial charge in [-0.1, -0.05) is 41.9 Å². The first kappa shape index (κ1) is 24.9. The molecule has 2 saturated heterocycles. The Bertz CT molecular complexity index is 981. The SMILES string of the molecule is CC(C)Oc1ccc(C(=O)N2CCC3(CC2)CN(CC(F)F)CC(c2ccccc2)O3)cc1Cl. The monoisotopic (exact) mass is 492 g/mol. The minimum Gasteiger partial charge on any atom is -0.489 e. The highest BCUT2D eigenvalue weighted by Gasteiger charge is 2.44. The van der Waals surface area contributed by atoms with Crippen molar-refractivity contribution >= 4 is 17.5 Å². The molecule has 2 aromatic rings. The standard InChI is InChI=1S/C26H31ClF2N2O3/c1-18(2)33-22-9-8-20(14-21(22)27)25(32)31-12-10-26(11-13-31)17-30(16-24(28)29)15-23(34-26)19-6-4-3-5-7-19/h3-9,14,18,23-24H,10-13,15-17H2,1-2H3. The third-order valence-corrected chi connectivity index (χ3v) is 6.69. The number of piperidine rings is 1. The predicted molar refractivity (Wildman–Crippen MR) is 128 cm³/mol. The second-order valence-electron chi connectivity index (χ2n) is 9.39. The zero-order chi connectivity index (χ0) is 24.3. The van der Waals surface area contributed by atoms with Gasteiger partial charge in [-0.25, -0.2) is 8.78 Å². The molecule has 5 nitrogen and oxygen atoms in total. The van der Waals surface area contributed by atoms with E-state index in [1.165, 1.54) is 0 Å². The van der Waals surface area contributed by atoms with Crippen molar-refractivity contribution < 1.29 is 23.0 Å². The zero-order valence-corrected chi connectivity index (χ0v) is 20.3. The largest absolute Gasteiger partial charge is 0.489 e. The Balaban J connectivity index is 1.45. The molecule has 34 heavy (non-hydrogen) atoms. The van der Waals surface area contributed by atoms with E-state index in [9.17, 15) is 13.6 Å². The van der Waals surface area contributed by atoms with Crippen molar-refractivity contribution in [1.82, 2.24) is 9.80 Å². The second kappa shape index (κ2) is 10.6. The van der Waals surface area contributed by atoms with Crippen LogP contribution in [-0.4, -0.2) is 66.6 Å². The molecule has 0 aliphatic carbocycles. The fourth-order valence-electron chi connectivity index (χ4n) is 4.82. The highest BCUT2D eigenvalue weighted by Crippen LogP contribution is 2.38. The highest BCUT2D eigenvalue weighted by atomic mass is 35.5. The summed E-state index contributed by atoms with van der Waals surface area (Å²) in [5.74, 6) is 0.445. The molecule has 8 heteroatoms. The molecule has 184 valence electrons. The van der Waals surface area contributed by atoms with Crippen molar-refractivity contribution in [2.24, 2.45) is 0 Å². The van der Waals surface area contributed by atoms with E-state index in [4.69, 9.17) is 21.1 Å². The number of nitrogens with zero attached hydrogens (tertiary/aromatic N) is 2. The first-order valence-electron chi connectivity index (χ1n) is 11.7. The van der Waals surface area contributed by atoms with Gasteiger partial charge in [-0.15, -0.1) is 0 Å². The molecule has 2 aliphatic heterocycles. The third kappa shape index (κ3) is 5.88. The van der Waals surface area contributed by atoms with Gasteiger partial charge < -0.3 is 14.4 Å². The van der Waals surface area contributed by atoms with Crippen LogP contribution in [-0.2, 0) is 4.74 Å². The van der Waals surface area contributed by atoms with E-state index in [0.29, 0.717) is 55.4 Å². The molecule has 0 aromatic heterocycles. The van der Waals surface area contributed by atoms with Gasteiger partial charge in [-0.05, 0) is 50.5 Å². The van der Waals surface area contributed by atoms with E-state index in [1.54, 1.807) is 28.0 Å². The number of likely N-dealkylation sites (tertiary alicyclic amines) is 1. The number of carbonyl (C=O) groups is 1. The molecule has 0 saturated carbocycles. The lowest BCUT2D eigenvalue weighted by molar-refractivity contribution is -0.180. The third-order valence-electron chi connectivity index (χ3n) is 6.40. The Morgan fingerprint density at radius 2 is 1.88 bits per heavy atom. The highest BCUT2D eigenvalue weighted by molar-refractivity contribution is 6.32. The van der Waals surface area contributed by atoms with Gasteiger partial charge >= 0.3 is 0 Å². The molecule has 1 atom stereocenters. The number of halogens is 3. The maximum Gasteiger partial charge on any atom is 0.253 e. The van der Waals surface area contributed by atoms with Gasteiger partial charge in [0.25, 0.3) is 12.3 Å². The molecular weight excluding hydrogens is 462 g/mol. The number of rotatable bonds is 6. The average Bonchev–Trinajstić information content (AvgIpc) is 2.80. The Labute approximate surface area is 204 Å². The van der Waals surface area contributed by atoms with Crippen LogP contribution < -0.4 is 4.74 Å². The van der Waals surface area contributed by atoms with Gasteiger partial charge in [0.1, 0.15) is 5.75 Å². The molecule has 2 aliphatic rings. The normalized spacial score (nSPS) is 20.8. The van der Waals surface area contributed by atoms with Crippen LogP contribution in [0.3, 0.4) is 0 Å². The van der Waals surface area contributed by atoms with Crippen LogP contribution in [0.15, 0.2) is 48.5 Å². The summed E-state index contributed by atoms with van der Waals surface area (Å²) >= 11 is 6.32. The van der Waals surface area contributed by atoms with Gasteiger partial charge in [0, 0.05) is 31.7 Å². The van der Waals surface area contributed by atoms with Crippen molar-refractivity contribution in [2.45, 2.75) is 50.9 Å². The number of alkyl halides is 2. The summed E-state index contributed by atoms with van der Waals surface area (Å²) in [4.78, 5) is 16.7. The first-order chi connectivity index (χ1) is 16.2. The smallest absolute Gasteiger partial charge is 0.253 e. The molecule has 0 N–H and O–H groups in total. The lowest BCUT2D eigenvalue weighted by Crippen LogP contribution is -2.58. The molecular formula is C26H31ClF2N2O3. The summed E-state index contributed by atoms with van der Waals surface area (Å²) < 4.78 is 38.7. The van der Waals surface area contributed by atoms with Crippen LogP contribution in [0.1, 0.15) is 48.7 Å². The van der Waals surface area contributed by atoms with Crippen LogP contribution >= 0.6 is 11.6 Å². The Hall–Kier alpha value is -2.22. The fourth-order valence-corrected chi connectivity index (χ4v) is 5.04. The van der Waals surface area contributed by atoms with Gasteiger partial charge in [-0.3, -0.25) is 9.69 Å². The van der Waals surface area contributed by atoms with Crippen molar-refractivity contribution in [2.75, 3.05) is 32.7 Å². The maximum absolute atomic E-state index is 13.2. The Kier molecular flexibility index (Phi) is 7.75. The molecule has 2 fully saturated rings. The maximum atomic E-state index is 13.2. The van der Waals surface area contributed by atoms with E-state index in [1.807, 2.05) is 44.2 Å². The Morgan fingerprint density at radius 3 is 2.50 bits per heavy atom. The number of carbonyl (C=O) groups excluding carboxylic acids is 1. The lowest BCUT2D eigenvalue weighted by atomic mass is 9.87. The zero-order valence-electron chi connectivity index (χ0n) is 19.6. The van der Waals surface area contributed by atoms with E-state index in [0.717, 1.165) is 5.56 Å². The molecule has 2 aromatic carbocycles. The van der Waals surface area contributed by atoms with E-state index in [2.05, 4.69) is 0 Å². The molecule has 0 bridgehead atoms. The number of benzene rings is 2. The summed E-state index contributed by atoms with van der Waals surface area (Å²) in [6.07, 6.45) is -1.52. The van der Waals surface area contributed by atoms with Crippen molar-refractivity contribution in [3.8, 4) is 5.75 Å². The topological polar surface area (TPSA) is 42.0 Å². The average molecular weight is 493 g/mol. The molecule has 1 unspecified atom stereocenters. The molecule has 1 spiro atoms. The van der Waals surface area contributed by atoms with Gasteiger partial charge in [0.05, 0.1) is 29.4 Å². The van der Waals surface area contributed by atoms with Crippen molar-refractivity contribution in [3.63, 3.8) is 0 Å². The molecule has 0 radical (unpaired) electrons. The van der Waals surface area contributed by atoms with E-state index >= 15 is 0 Å². The summed E-state index contributed by atoms with van der Waals surface area (Å²) in [6, 6.07) is 14.8. The van der Waals surface area contributed by atoms with Gasteiger partial charge in [0.15, 0.2) is 0 Å². The number of ether oxygens (including phenoxy) is 2. The predicted octanol–water partition coefficient (Wildman–Crippen LogP) is 5.44. The van der Waals surface area contributed by atoms with Crippen LogP contribution in [0.2, 0.25) is 5.02 Å². The first-order valence-corrected chi connectivity index (χ1v) is 12.1. The summed E-state index contributed by atoms with van der Waals surface area (Å²) in [6.45, 7) is 5.40. The Morgan fingerprint density at radius 1 is 1.18 bits per heavy atom. The van der Waals surface area contributed by atoms with Crippen LogP contribution in [0, 0.1) is 0 Å². The quantitative estimate of drug-likeness (QED) is 0.538. The number of amides is 1. The second-order valence-corrected chi connectivity index (χ2v) is 9.80. The summed E-state index contributed by atoms with van der Waals surface area (Å²) in [7, 11) is 0. The summed E-state index contributed by atoms with van der Waals surface area (Å²) in [5.41, 5.74) is 0.928. The number of hydrogen-bond donors (Lipinski definition) is 0. The van der Waals surface area contributed by atoms with E-state index in [-0.39, 0.29) is 24.7 Å². The minimum absolute atomic E-state index is 0.0165. The van der Waals surface area contributed by atoms with Crippen LogP contribution in [0.25, 0.3) is 0 Å². The van der Waals surface area contributed by atoms with Crippen LogP contribution in [0.4, 0.5) is 8.78 Å². The minimum atomic E-state index is -2.40. The van der Waals surface area contributed by atoms with Crippen LogP contribution in [0.5, 0.6) is 5.75 Å². The molecule has 1 amide bonds. The van der Waals surface area contributed by atoms with Crippen molar-refractivity contribution in [1.29, 1.82) is 0 Å². The van der Waals surface area contributed by atoms with E-state index < -0.39 is 12.0 Å². The number of morpholine rings is 1. The molecule has 4 rings (SSSR count). The molecule has 2 heterocycles. The lowest BCUT2D eigenvalue weighted by Gasteiger charge is -2.50. The van der Waals surface area contributed by atoms with Crippen molar-refractivity contribution in [3.05, 3.63) is 64.7 Å². The summed E-state index contributed by atoms with van der Waals surface area (Å²) in [5, 5.41) is 0.400. The number of hydrogen-bond acceptors (Lipinski definition) is 4. The fraction of sp³-hybridized carbons (Fsp3) is 0.500.